The van der Waals surface area contributed by atoms with Crippen LogP contribution in [0.2, 0.25) is 0 Å². The second-order valence-electron chi connectivity index (χ2n) is 4.01. The van der Waals surface area contributed by atoms with Crippen LogP contribution in [0.5, 0.6) is 5.75 Å². The first-order valence-corrected chi connectivity index (χ1v) is 5.68. The van der Waals surface area contributed by atoms with Crippen LogP contribution in [-0.4, -0.2) is 13.2 Å². The Morgan fingerprint density at radius 2 is 2.20 bits per heavy atom. The van der Waals surface area contributed by atoms with Crippen LogP contribution in [0.3, 0.4) is 0 Å². The van der Waals surface area contributed by atoms with E-state index in [1.165, 1.54) is 5.56 Å². The van der Waals surface area contributed by atoms with Gasteiger partial charge in [-0.1, -0.05) is 32.4 Å². The van der Waals surface area contributed by atoms with E-state index in [1.54, 1.807) is 0 Å². The van der Waals surface area contributed by atoms with Crippen LogP contribution in [0.15, 0.2) is 24.3 Å². The minimum atomic E-state index is 0.614. The van der Waals surface area contributed by atoms with Gasteiger partial charge in [-0.3, -0.25) is 0 Å². The lowest BCUT2D eigenvalue weighted by Crippen LogP contribution is -2.08. The normalized spacial score (nSPS) is 12.5. The van der Waals surface area contributed by atoms with Gasteiger partial charge in [0.15, 0.2) is 0 Å². The molecule has 0 amide bonds. The van der Waals surface area contributed by atoms with Crippen LogP contribution in [0, 0.1) is 5.92 Å². The molecule has 0 aromatic heterocycles. The fourth-order valence-corrected chi connectivity index (χ4v) is 1.31. The Kier molecular flexibility index (Phi) is 5.19. The van der Waals surface area contributed by atoms with Crippen LogP contribution >= 0.6 is 0 Å². The van der Waals surface area contributed by atoms with Gasteiger partial charge in [-0.2, -0.15) is 0 Å². The summed E-state index contributed by atoms with van der Waals surface area (Å²) in [5, 5.41) is 0. The number of benzene rings is 1. The maximum absolute atomic E-state index is 5.70. The lowest BCUT2D eigenvalue weighted by atomic mass is 10.1. The molecule has 1 atom stereocenters. The molecule has 2 nitrogen and oxygen atoms in total. The first-order valence-electron chi connectivity index (χ1n) is 5.68. The molecule has 84 valence electrons. The quantitative estimate of drug-likeness (QED) is 0.778. The van der Waals surface area contributed by atoms with E-state index in [0.717, 1.165) is 25.2 Å². The molecule has 0 spiro atoms. The number of ether oxygens (including phenoxy) is 1. The van der Waals surface area contributed by atoms with E-state index in [9.17, 15) is 0 Å². The lowest BCUT2D eigenvalue weighted by molar-refractivity contribution is 0.256. The van der Waals surface area contributed by atoms with Gasteiger partial charge in [0.1, 0.15) is 5.75 Å². The summed E-state index contributed by atoms with van der Waals surface area (Å²) >= 11 is 0. The Hall–Kier alpha value is -1.02. The van der Waals surface area contributed by atoms with Gasteiger partial charge in [0.05, 0.1) is 6.61 Å². The Morgan fingerprint density at radius 1 is 1.40 bits per heavy atom. The highest BCUT2D eigenvalue weighted by molar-refractivity contribution is 5.28. The largest absolute Gasteiger partial charge is 0.493 e. The molecule has 0 bridgehead atoms. The molecular weight excluding hydrogens is 186 g/mol. The monoisotopic (exact) mass is 207 g/mol. The van der Waals surface area contributed by atoms with Crippen molar-refractivity contribution in [2.24, 2.45) is 11.7 Å². The Morgan fingerprint density at radius 3 is 2.87 bits per heavy atom. The predicted octanol–water partition coefficient (Wildman–Crippen LogP) is 2.61. The van der Waals surface area contributed by atoms with Gasteiger partial charge in [0.2, 0.25) is 0 Å². The van der Waals surface area contributed by atoms with Crippen LogP contribution in [0.1, 0.15) is 25.8 Å². The second kappa shape index (κ2) is 6.46. The first kappa shape index (κ1) is 12.1. The second-order valence-corrected chi connectivity index (χ2v) is 4.01. The van der Waals surface area contributed by atoms with Crippen molar-refractivity contribution in [3.63, 3.8) is 0 Å². The minimum absolute atomic E-state index is 0.614. The van der Waals surface area contributed by atoms with Crippen molar-refractivity contribution in [1.29, 1.82) is 0 Å². The molecule has 0 heterocycles. The van der Waals surface area contributed by atoms with E-state index < -0.39 is 0 Å². The van der Waals surface area contributed by atoms with Crippen molar-refractivity contribution in [3.8, 4) is 5.75 Å². The van der Waals surface area contributed by atoms with Gasteiger partial charge in [0.25, 0.3) is 0 Å². The molecular formula is C13H21NO. The number of hydrogen-bond donors (Lipinski definition) is 1. The Labute approximate surface area is 92.4 Å². The SMILES string of the molecule is CCC(C)COc1cccc(CCN)c1. The highest BCUT2D eigenvalue weighted by atomic mass is 16.5. The molecule has 0 radical (unpaired) electrons. The molecule has 1 aromatic carbocycles. The van der Waals surface area contributed by atoms with Crippen molar-refractivity contribution < 1.29 is 4.74 Å². The van der Waals surface area contributed by atoms with E-state index in [1.807, 2.05) is 12.1 Å². The average Bonchev–Trinajstić information content (AvgIpc) is 2.27. The molecule has 1 rings (SSSR count). The smallest absolute Gasteiger partial charge is 0.119 e. The molecule has 2 N–H and O–H groups in total. The maximum Gasteiger partial charge on any atom is 0.119 e. The van der Waals surface area contributed by atoms with Crippen molar-refractivity contribution in [2.45, 2.75) is 26.7 Å². The van der Waals surface area contributed by atoms with Crippen LogP contribution in [-0.2, 0) is 6.42 Å². The van der Waals surface area contributed by atoms with Crippen molar-refractivity contribution in [3.05, 3.63) is 29.8 Å². The summed E-state index contributed by atoms with van der Waals surface area (Å²) in [4.78, 5) is 0. The van der Waals surface area contributed by atoms with Gasteiger partial charge in [0, 0.05) is 0 Å². The van der Waals surface area contributed by atoms with Gasteiger partial charge < -0.3 is 10.5 Å². The zero-order valence-corrected chi connectivity index (χ0v) is 9.70. The predicted molar refractivity (Wildman–Crippen MR) is 64.2 cm³/mol. The fourth-order valence-electron chi connectivity index (χ4n) is 1.31. The fraction of sp³-hybridized carbons (Fsp3) is 0.538. The molecule has 15 heavy (non-hydrogen) atoms. The van der Waals surface area contributed by atoms with Crippen molar-refractivity contribution >= 4 is 0 Å². The molecule has 0 aliphatic heterocycles. The van der Waals surface area contributed by atoms with Gasteiger partial charge in [-0.25, -0.2) is 0 Å². The highest BCUT2D eigenvalue weighted by Gasteiger charge is 2.00. The van der Waals surface area contributed by atoms with E-state index in [-0.39, 0.29) is 0 Å². The summed E-state index contributed by atoms with van der Waals surface area (Å²) < 4.78 is 5.70. The van der Waals surface area contributed by atoms with Gasteiger partial charge in [-0.05, 0) is 36.6 Å². The summed E-state index contributed by atoms with van der Waals surface area (Å²) in [6.45, 7) is 5.86. The third-order valence-electron chi connectivity index (χ3n) is 2.56. The van der Waals surface area contributed by atoms with E-state index in [2.05, 4.69) is 26.0 Å². The van der Waals surface area contributed by atoms with E-state index >= 15 is 0 Å². The zero-order chi connectivity index (χ0) is 11.1. The van der Waals surface area contributed by atoms with E-state index in [0.29, 0.717) is 12.5 Å². The van der Waals surface area contributed by atoms with Gasteiger partial charge >= 0.3 is 0 Å². The number of hydrogen-bond acceptors (Lipinski definition) is 2. The minimum Gasteiger partial charge on any atom is -0.493 e. The maximum atomic E-state index is 5.70. The van der Waals surface area contributed by atoms with Crippen molar-refractivity contribution in [1.82, 2.24) is 0 Å². The Bertz CT molecular complexity index is 286. The summed E-state index contributed by atoms with van der Waals surface area (Å²) in [6.07, 6.45) is 2.07. The average molecular weight is 207 g/mol. The summed E-state index contributed by atoms with van der Waals surface area (Å²) in [5.74, 6) is 1.57. The van der Waals surface area contributed by atoms with Crippen LogP contribution in [0.4, 0.5) is 0 Å². The topological polar surface area (TPSA) is 35.2 Å². The lowest BCUT2D eigenvalue weighted by Gasteiger charge is -2.11. The number of nitrogens with two attached hydrogens (primary N) is 1. The van der Waals surface area contributed by atoms with Crippen molar-refractivity contribution in [2.75, 3.05) is 13.2 Å². The van der Waals surface area contributed by atoms with Gasteiger partial charge in [-0.15, -0.1) is 0 Å². The van der Waals surface area contributed by atoms with E-state index in [4.69, 9.17) is 10.5 Å². The summed E-state index contributed by atoms with van der Waals surface area (Å²) in [6, 6.07) is 8.19. The summed E-state index contributed by atoms with van der Waals surface area (Å²) in [7, 11) is 0. The molecule has 1 unspecified atom stereocenters. The summed E-state index contributed by atoms with van der Waals surface area (Å²) in [5.41, 5.74) is 6.76. The standard InChI is InChI=1S/C13H21NO/c1-3-11(2)10-15-13-6-4-5-12(9-13)7-8-14/h4-6,9,11H,3,7-8,10,14H2,1-2H3. The molecule has 0 fully saturated rings. The third kappa shape index (κ3) is 4.34. The molecule has 0 saturated heterocycles. The Balaban J connectivity index is 2.50. The molecule has 2 heteroatoms. The number of rotatable bonds is 6. The zero-order valence-electron chi connectivity index (χ0n) is 9.70. The molecule has 0 aliphatic carbocycles. The van der Waals surface area contributed by atoms with Crippen LogP contribution < -0.4 is 10.5 Å². The third-order valence-corrected chi connectivity index (χ3v) is 2.56. The molecule has 0 aliphatic rings. The van der Waals surface area contributed by atoms with Crippen LogP contribution in [0.25, 0.3) is 0 Å². The highest BCUT2D eigenvalue weighted by Crippen LogP contribution is 2.15. The molecule has 1 aromatic rings. The molecule has 0 saturated carbocycles. The first-order chi connectivity index (χ1) is 7.26.